The van der Waals surface area contributed by atoms with Crippen molar-refractivity contribution < 1.29 is 0 Å². The van der Waals surface area contributed by atoms with Gasteiger partial charge in [-0.1, -0.05) is 118 Å². The third-order valence-electron chi connectivity index (χ3n) is 9.28. The van der Waals surface area contributed by atoms with E-state index < -0.39 is 0 Å². The molecule has 0 saturated carbocycles. The summed E-state index contributed by atoms with van der Waals surface area (Å²) in [6.45, 7) is 6.82. The standard InChI is InChI=1S/C43H35N3/c1-43(2,3)38-25-30(23-28-13-5-6-14-31(28)38)40-26-39(44-27-45-40)29-21-22-34-36-18-10-12-20-42(36)46(4)41-19-11-9-17-35(41)32-15-7-8-16-33(32)37(34)24-29/h5-27H,1-4H3. The molecule has 0 unspecified atom stereocenters. The smallest absolute Gasteiger partial charge is 0.116 e. The van der Waals surface area contributed by atoms with Gasteiger partial charge in [0, 0.05) is 40.0 Å². The van der Waals surface area contributed by atoms with E-state index in [2.05, 4.69) is 166 Å². The van der Waals surface area contributed by atoms with Gasteiger partial charge in [-0.25, -0.2) is 9.97 Å². The quantitative estimate of drug-likeness (QED) is 0.200. The van der Waals surface area contributed by atoms with E-state index in [0.29, 0.717) is 0 Å². The predicted molar refractivity (Wildman–Crippen MR) is 196 cm³/mol. The van der Waals surface area contributed by atoms with Crippen LogP contribution in [0.3, 0.4) is 0 Å². The van der Waals surface area contributed by atoms with E-state index in [1.807, 2.05) is 0 Å². The Hall–Kier alpha value is -5.54. The minimum Gasteiger partial charge on any atom is -0.344 e. The molecule has 3 heteroatoms. The van der Waals surface area contributed by atoms with Crippen LogP contribution in [0.2, 0.25) is 0 Å². The minimum absolute atomic E-state index is 0.00370. The van der Waals surface area contributed by atoms with Crippen LogP contribution in [0, 0.1) is 0 Å². The SMILES string of the molecule is Cn1c2ccccc2c2ccccc2c2cc(-c3cc(-c4cc(C(C)(C)C)c5ccccc5c4)ncn3)ccc2c2ccccc21. The molecule has 2 aromatic heterocycles. The predicted octanol–water partition coefficient (Wildman–Crippen LogP) is 11.3. The van der Waals surface area contributed by atoms with Crippen molar-refractivity contribution in [2.24, 2.45) is 7.05 Å². The first kappa shape index (κ1) is 28.0. The first-order valence-corrected chi connectivity index (χ1v) is 15.9. The Bertz CT molecular complexity index is 2530. The largest absolute Gasteiger partial charge is 0.344 e. The van der Waals surface area contributed by atoms with E-state index in [1.54, 1.807) is 6.33 Å². The fourth-order valence-electron chi connectivity index (χ4n) is 6.98. The van der Waals surface area contributed by atoms with Crippen LogP contribution in [-0.2, 0) is 12.5 Å². The van der Waals surface area contributed by atoms with Gasteiger partial charge in [0.1, 0.15) is 6.33 Å². The molecule has 0 atom stereocenters. The lowest BCUT2D eigenvalue weighted by molar-refractivity contribution is 0.596. The van der Waals surface area contributed by atoms with E-state index >= 15 is 0 Å². The van der Waals surface area contributed by atoms with Crippen molar-refractivity contribution in [3.05, 3.63) is 145 Å². The van der Waals surface area contributed by atoms with Crippen LogP contribution in [0.1, 0.15) is 26.3 Å². The van der Waals surface area contributed by atoms with Crippen LogP contribution in [-0.4, -0.2) is 14.5 Å². The van der Waals surface area contributed by atoms with E-state index in [1.165, 1.54) is 59.7 Å². The van der Waals surface area contributed by atoms with Gasteiger partial charge >= 0.3 is 0 Å². The van der Waals surface area contributed by atoms with Gasteiger partial charge in [0.05, 0.1) is 11.4 Å². The normalized spacial score (nSPS) is 11.9. The van der Waals surface area contributed by atoms with Gasteiger partial charge in [-0.3, -0.25) is 0 Å². The lowest BCUT2D eigenvalue weighted by Crippen LogP contribution is -2.12. The molecule has 0 aliphatic rings. The Morgan fingerprint density at radius 3 is 1.63 bits per heavy atom. The first-order valence-electron chi connectivity index (χ1n) is 15.9. The summed E-state index contributed by atoms with van der Waals surface area (Å²) in [6, 6.07) is 48.3. The summed E-state index contributed by atoms with van der Waals surface area (Å²) < 4.78 is 2.32. The monoisotopic (exact) mass is 593 g/mol. The number of benzene rings is 6. The summed E-state index contributed by atoms with van der Waals surface area (Å²) in [5, 5.41) is 9.73. The number of aryl methyl sites for hydroxylation is 1. The van der Waals surface area contributed by atoms with Crippen molar-refractivity contribution in [1.82, 2.24) is 14.5 Å². The molecule has 8 rings (SSSR count). The fraction of sp³-hybridized carbons (Fsp3) is 0.116. The van der Waals surface area contributed by atoms with E-state index in [4.69, 9.17) is 9.97 Å². The van der Waals surface area contributed by atoms with Crippen molar-refractivity contribution in [1.29, 1.82) is 0 Å². The number of rotatable bonds is 2. The summed E-state index contributed by atoms with van der Waals surface area (Å²) in [5.74, 6) is 0. The van der Waals surface area contributed by atoms with Crippen LogP contribution in [0.15, 0.2) is 140 Å². The van der Waals surface area contributed by atoms with Gasteiger partial charge in [-0.2, -0.15) is 0 Å². The van der Waals surface area contributed by atoms with Gasteiger partial charge in [-0.15, -0.1) is 0 Å². The lowest BCUT2D eigenvalue weighted by atomic mass is 9.82. The van der Waals surface area contributed by atoms with Crippen LogP contribution in [0.4, 0.5) is 0 Å². The molecule has 0 aliphatic heterocycles. The van der Waals surface area contributed by atoms with Crippen molar-refractivity contribution in [3.8, 4) is 22.5 Å². The van der Waals surface area contributed by atoms with Gasteiger partial charge in [0.25, 0.3) is 0 Å². The molecular formula is C43H35N3. The summed E-state index contributed by atoms with van der Waals surface area (Å²) in [7, 11) is 2.17. The highest BCUT2D eigenvalue weighted by Gasteiger charge is 2.19. The number of aromatic nitrogens is 3. The number of para-hydroxylation sites is 2. The van der Waals surface area contributed by atoms with Crippen LogP contribution in [0.5, 0.6) is 0 Å². The zero-order valence-electron chi connectivity index (χ0n) is 26.6. The second kappa shape index (κ2) is 10.8. The number of hydrogen-bond acceptors (Lipinski definition) is 2. The van der Waals surface area contributed by atoms with Gasteiger partial charge in [0.15, 0.2) is 0 Å². The van der Waals surface area contributed by atoms with Crippen molar-refractivity contribution in [2.45, 2.75) is 26.2 Å². The van der Waals surface area contributed by atoms with Gasteiger partial charge in [-0.05, 0) is 79.7 Å². The first-order chi connectivity index (χ1) is 22.4. The summed E-state index contributed by atoms with van der Waals surface area (Å²) >= 11 is 0. The average Bonchev–Trinajstić information content (AvgIpc) is 3.13. The van der Waals surface area contributed by atoms with Crippen LogP contribution >= 0.6 is 0 Å². The molecule has 0 bridgehead atoms. The minimum atomic E-state index is -0.00370. The van der Waals surface area contributed by atoms with Gasteiger partial charge < -0.3 is 4.57 Å². The third-order valence-corrected chi connectivity index (χ3v) is 9.28. The Labute approximate surface area is 269 Å². The zero-order valence-corrected chi connectivity index (χ0v) is 26.6. The van der Waals surface area contributed by atoms with Crippen LogP contribution in [0.25, 0.3) is 76.6 Å². The lowest BCUT2D eigenvalue weighted by Gasteiger charge is -2.22. The maximum absolute atomic E-state index is 4.81. The van der Waals surface area contributed by atoms with E-state index in [0.717, 1.165) is 22.5 Å². The maximum atomic E-state index is 4.81. The molecule has 46 heavy (non-hydrogen) atoms. The Balaban J connectivity index is 1.42. The molecule has 0 saturated heterocycles. The van der Waals surface area contributed by atoms with Crippen LogP contribution < -0.4 is 0 Å². The van der Waals surface area contributed by atoms with Crippen molar-refractivity contribution in [2.75, 3.05) is 0 Å². The average molecular weight is 594 g/mol. The van der Waals surface area contributed by atoms with E-state index in [9.17, 15) is 0 Å². The second-order valence-corrected chi connectivity index (χ2v) is 13.2. The highest BCUT2D eigenvalue weighted by atomic mass is 14.9. The molecule has 0 N–H and O–H groups in total. The number of hydrogen-bond donors (Lipinski definition) is 0. The van der Waals surface area contributed by atoms with E-state index in [-0.39, 0.29) is 5.41 Å². The van der Waals surface area contributed by atoms with Crippen molar-refractivity contribution >= 4 is 54.1 Å². The third kappa shape index (κ3) is 4.67. The molecule has 0 aliphatic carbocycles. The molecule has 3 nitrogen and oxygen atoms in total. The summed E-state index contributed by atoms with van der Waals surface area (Å²) in [5.41, 5.74) is 7.66. The highest BCUT2D eigenvalue weighted by molar-refractivity contribution is 6.19. The topological polar surface area (TPSA) is 30.7 Å². The molecule has 0 spiro atoms. The molecule has 0 radical (unpaired) electrons. The highest BCUT2D eigenvalue weighted by Crippen LogP contribution is 2.37. The van der Waals surface area contributed by atoms with Gasteiger partial charge in [0.2, 0.25) is 0 Å². The molecule has 2 heterocycles. The molecule has 0 fully saturated rings. The maximum Gasteiger partial charge on any atom is 0.116 e. The fourth-order valence-corrected chi connectivity index (χ4v) is 6.98. The molecule has 8 aromatic rings. The Morgan fingerprint density at radius 1 is 0.457 bits per heavy atom. The summed E-state index contributed by atoms with van der Waals surface area (Å²) in [6.07, 6.45) is 1.70. The molecule has 0 amide bonds. The Kier molecular flexibility index (Phi) is 6.58. The Morgan fingerprint density at radius 2 is 0.978 bits per heavy atom. The second-order valence-electron chi connectivity index (χ2n) is 13.2. The molecule has 6 aromatic carbocycles. The molecule has 222 valence electrons. The number of fused-ring (bicyclic) bond motifs is 8. The number of nitrogens with zero attached hydrogens (tertiary/aromatic N) is 3. The zero-order chi connectivity index (χ0) is 31.4. The summed E-state index contributed by atoms with van der Waals surface area (Å²) in [4.78, 5) is 9.58. The molecular weight excluding hydrogens is 558 g/mol. The van der Waals surface area contributed by atoms with Crippen molar-refractivity contribution in [3.63, 3.8) is 0 Å².